The van der Waals surface area contributed by atoms with Crippen LogP contribution in [0.3, 0.4) is 0 Å². The van der Waals surface area contributed by atoms with Gasteiger partial charge in [0.2, 0.25) is 0 Å². The molecule has 2 N–H and O–H groups in total. The fourth-order valence-electron chi connectivity index (χ4n) is 2.28. The molecule has 6 heteroatoms. The Morgan fingerprint density at radius 1 is 1.38 bits per heavy atom. The quantitative estimate of drug-likeness (QED) is 0.642. The zero-order valence-electron chi connectivity index (χ0n) is 11.8. The molecule has 0 aliphatic heterocycles. The summed E-state index contributed by atoms with van der Waals surface area (Å²) in [5.41, 5.74) is 4.56. The number of rotatable bonds is 5. The monoisotopic (exact) mass is 290 g/mol. The maximum Gasteiger partial charge on any atom is 0.335 e. The average molecular weight is 290 g/mol. The molecular weight excluding hydrogens is 272 g/mol. The van der Waals surface area contributed by atoms with Crippen LogP contribution in [-0.2, 0) is 9.53 Å². The van der Waals surface area contributed by atoms with E-state index in [4.69, 9.17) is 9.84 Å². The van der Waals surface area contributed by atoms with Gasteiger partial charge in [-0.15, -0.1) is 0 Å². The molecule has 0 saturated heterocycles. The fourth-order valence-corrected chi connectivity index (χ4v) is 2.28. The highest BCUT2D eigenvalue weighted by Gasteiger charge is 2.30. The molecule has 1 aliphatic rings. The van der Waals surface area contributed by atoms with Gasteiger partial charge in [0, 0.05) is 0 Å². The van der Waals surface area contributed by atoms with Crippen molar-refractivity contribution in [2.24, 2.45) is 11.0 Å². The Hall–Kier alpha value is -2.37. The van der Waals surface area contributed by atoms with Gasteiger partial charge in [0.25, 0.3) is 0 Å². The SMILES string of the molecule is CCOC(=O)[C@@H]1CCC/C1=N/Nc1ccc(C(=O)O)cc1. The minimum absolute atomic E-state index is 0.221. The lowest BCUT2D eigenvalue weighted by atomic mass is 10.1. The first-order valence-electron chi connectivity index (χ1n) is 6.94. The summed E-state index contributed by atoms with van der Waals surface area (Å²) in [6, 6.07) is 6.29. The van der Waals surface area contributed by atoms with Crippen LogP contribution in [0.15, 0.2) is 29.4 Å². The van der Waals surface area contributed by atoms with Crippen molar-refractivity contribution in [3.63, 3.8) is 0 Å². The Kier molecular flexibility index (Phi) is 4.92. The van der Waals surface area contributed by atoms with E-state index in [1.54, 1.807) is 19.1 Å². The summed E-state index contributed by atoms with van der Waals surface area (Å²) >= 11 is 0. The largest absolute Gasteiger partial charge is 0.478 e. The second kappa shape index (κ2) is 6.88. The highest BCUT2D eigenvalue weighted by atomic mass is 16.5. The molecule has 21 heavy (non-hydrogen) atoms. The van der Waals surface area contributed by atoms with Gasteiger partial charge in [-0.3, -0.25) is 10.2 Å². The standard InChI is InChI=1S/C15H18N2O4/c1-2-21-15(20)12-4-3-5-13(12)17-16-11-8-6-10(7-9-11)14(18)19/h6-9,12,16H,2-5H2,1H3,(H,18,19)/b17-13-/t12-/m1/s1. The Labute approximate surface area is 122 Å². The molecule has 6 nitrogen and oxygen atoms in total. The second-order valence-electron chi connectivity index (χ2n) is 4.79. The van der Waals surface area contributed by atoms with Crippen LogP contribution in [0.25, 0.3) is 0 Å². The molecule has 0 radical (unpaired) electrons. The van der Waals surface area contributed by atoms with Gasteiger partial charge in [0.05, 0.1) is 29.5 Å². The van der Waals surface area contributed by atoms with Crippen molar-refractivity contribution in [3.8, 4) is 0 Å². The number of carbonyl (C=O) groups is 2. The van der Waals surface area contributed by atoms with Crippen LogP contribution < -0.4 is 5.43 Å². The molecule has 1 atom stereocenters. The molecule has 1 aliphatic carbocycles. The zero-order valence-corrected chi connectivity index (χ0v) is 11.8. The van der Waals surface area contributed by atoms with Crippen molar-refractivity contribution in [3.05, 3.63) is 29.8 Å². The highest BCUT2D eigenvalue weighted by molar-refractivity contribution is 6.03. The molecule has 1 aromatic carbocycles. The number of nitrogens with zero attached hydrogens (tertiary/aromatic N) is 1. The van der Waals surface area contributed by atoms with Crippen molar-refractivity contribution in [1.82, 2.24) is 0 Å². The lowest BCUT2D eigenvalue weighted by molar-refractivity contribution is -0.145. The highest BCUT2D eigenvalue weighted by Crippen LogP contribution is 2.24. The van der Waals surface area contributed by atoms with E-state index in [-0.39, 0.29) is 17.5 Å². The van der Waals surface area contributed by atoms with Crippen LogP contribution in [-0.4, -0.2) is 29.4 Å². The molecule has 1 saturated carbocycles. The molecule has 0 aromatic heterocycles. The van der Waals surface area contributed by atoms with Crippen LogP contribution >= 0.6 is 0 Å². The topological polar surface area (TPSA) is 88.0 Å². The van der Waals surface area contributed by atoms with Crippen LogP contribution in [0.2, 0.25) is 0 Å². The molecule has 112 valence electrons. The molecular formula is C15H18N2O4. The number of esters is 1. The van der Waals surface area contributed by atoms with Gasteiger partial charge in [-0.1, -0.05) is 0 Å². The van der Waals surface area contributed by atoms with Gasteiger partial charge in [-0.25, -0.2) is 4.79 Å². The second-order valence-corrected chi connectivity index (χ2v) is 4.79. The van der Waals surface area contributed by atoms with Gasteiger partial charge in [-0.05, 0) is 50.5 Å². The average Bonchev–Trinajstić information content (AvgIpc) is 2.94. The van der Waals surface area contributed by atoms with E-state index in [9.17, 15) is 9.59 Å². The first-order chi connectivity index (χ1) is 10.1. The van der Waals surface area contributed by atoms with Crippen molar-refractivity contribution in [1.29, 1.82) is 0 Å². The molecule has 0 heterocycles. The molecule has 0 unspecified atom stereocenters. The number of carbonyl (C=O) groups excluding carboxylic acids is 1. The number of hydrazone groups is 1. The van der Waals surface area contributed by atoms with E-state index in [1.165, 1.54) is 12.1 Å². The third-order valence-corrected chi connectivity index (χ3v) is 3.36. The van der Waals surface area contributed by atoms with Crippen LogP contribution in [0.5, 0.6) is 0 Å². The van der Waals surface area contributed by atoms with Gasteiger partial charge < -0.3 is 9.84 Å². The van der Waals surface area contributed by atoms with E-state index in [0.29, 0.717) is 12.3 Å². The Balaban J connectivity index is 2.02. The normalized spacial score (nSPS) is 19.5. The lowest BCUT2D eigenvalue weighted by Gasteiger charge is -2.10. The van der Waals surface area contributed by atoms with E-state index in [2.05, 4.69) is 10.5 Å². The molecule has 0 bridgehead atoms. The van der Waals surface area contributed by atoms with Crippen molar-refractivity contribution < 1.29 is 19.4 Å². The minimum Gasteiger partial charge on any atom is -0.478 e. The number of hydrogen-bond acceptors (Lipinski definition) is 5. The maximum atomic E-state index is 11.8. The smallest absolute Gasteiger partial charge is 0.335 e. The lowest BCUT2D eigenvalue weighted by Crippen LogP contribution is -2.22. The number of carboxylic acids is 1. The summed E-state index contributed by atoms with van der Waals surface area (Å²) in [6.07, 6.45) is 2.45. The summed E-state index contributed by atoms with van der Waals surface area (Å²) in [7, 11) is 0. The first-order valence-corrected chi connectivity index (χ1v) is 6.94. The minimum atomic E-state index is -0.967. The molecule has 0 amide bonds. The fraction of sp³-hybridized carbons (Fsp3) is 0.400. The molecule has 1 aromatic rings. The third kappa shape index (κ3) is 3.81. The van der Waals surface area contributed by atoms with Crippen molar-refractivity contribution >= 4 is 23.3 Å². The number of aromatic carboxylic acids is 1. The number of hydrogen-bond donors (Lipinski definition) is 2. The maximum absolute atomic E-state index is 11.8. The van der Waals surface area contributed by atoms with Gasteiger partial charge in [0.1, 0.15) is 0 Å². The number of nitrogens with one attached hydrogen (secondary N) is 1. The number of ether oxygens (including phenoxy) is 1. The van der Waals surface area contributed by atoms with Gasteiger partial charge in [0.15, 0.2) is 0 Å². The van der Waals surface area contributed by atoms with E-state index in [1.807, 2.05) is 0 Å². The van der Waals surface area contributed by atoms with Crippen LogP contribution in [0.4, 0.5) is 5.69 Å². The Morgan fingerprint density at radius 3 is 2.71 bits per heavy atom. The summed E-state index contributed by atoms with van der Waals surface area (Å²) in [5.74, 6) is -1.46. The summed E-state index contributed by atoms with van der Waals surface area (Å²) < 4.78 is 5.04. The Morgan fingerprint density at radius 2 is 2.10 bits per heavy atom. The Bertz CT molecular complexity index is 551. The van der Waals surface area contributed by atoms with Crippen molar-refractivity contribution in [2.45, 2.75) is 26.2 Å². The molecule has 1 fully saturated rings. The van der Waals surface area contributed by atoms with Crippen LogP contribution in [0.1, 0.15) is 36.5 Å². The number of carboxylic acid groups (broad SMARTS) is 1. The zero-order chi connectivity index (χ0) is 15.2. The molecule has 0 spiro atoms. The predicted molar refractivity (Wildman–Crippen MR) is 78.4 cm³/mol. The first kappa shape index (κ1) is 15.0. The van der Waals surface area contributed by atoms with Crippen LogP contribution in [0, 0.1) is 5.92 Å². The third-order valence-electron chi connectivity index (χ3n) is 3.36. The number of benzene rings is 1. The van der Waals surface area contributed by atoms with E-state index < -0.39 is 5.97 Å². The number of anilines is 1. The van der Waals surface area contributed by atoms with E-state index >= 15 is 0 Å². The van der Waals surface area contributed by atoms with Gasteiger partial charge in [-0.2, -0.15) is 5.10 Å². The molecule has 2 rings (SSSR count). The predicted octanol–water partition coefficient (Wildman–Crippen LogP) is 2.52. The summed E-state index contributed by atoms with van der Waals surface area (Å²) in [6.45, 7) is 2.15. The summed E-state index contributed by atoms with van der Waals surface area (Å²) in [5, 5.41) is 13.1. The van der Waals surface area contributed by atoms with Crippen molar-refractivity contribution in [2.75, 3.05) is 12.0 Å². The summed E-state index contributed by atoms with van der Waals surface area (Å²) in [4.78, 5) is 22.5. The van der Waals surface area contributed by atoms with E-state index in [0.717, 1.165) is 25.0 Å². The van der Waals surface area contributed by atoms with Gasteiger partial charge >= 0.3 is 11.9 Å².